The monoisotopic (exact) mass is 182 g/mol. The molecule has 1 aliphatic carbocycles. The van der Waals surface area contributed by atoms with E-state index >= 15 is 0 Å². The summed E-state index contributed by atoms with van der Waals surface area (Å²) in [5, 5.41) is 9.81. The molecule has 0 amide bonds. The van der Waals surface area contributed by atoms with E-state index in [0.29, 0.717) is 0 Å². The van der Waals surface area contributed by atoms with E-state index in [9.17, 15) is 5.11 Å². The fourth-order valence-corrected chi connectivity index (χ4v) is 2.37. The molecule has 0 spiro atoms. The molecular weight excluding hydrogens is 160 g/mol. The molecule has 76 valence electrons. The Bertz CT molecular complexity index is 215. The molecule has 0 aromatic carbocycles. The van der Waals surface area contributed by atoms with E-state index in [4.69, 9.17) is 0 Å². The minimum Gasteiger partial charge on any atom is -0.393 e. The van der Waals surface area contributed by atoms with E-state index in [1.54, 1.807) is 0 Å². The van der Waals surface area contributed by atoms with Crippen molar-refractivity contribution in [3.05, 3.63) is 11.1 Å². The lowest BCUT2D eigenvalue weighted by Gasteiger charge is -2.40. The summed E-state index contributed by atoms with van der Waals surface area (Å²) < 4.78 is 0. The first-order chi connectivity index (χ1) is 6.02. The molecule has 0 bridgehead atoms. The van der Waals surface area contributed by atoms with Crippen LogP contribution in [-0.4, -0.2) is 11.2 Å². The Balaban J connectivity index is 2.84. The van der Waals surface area contributed by atoms with Gasteiger partial charge in [-0.1, -0.05) is 18.1 Å². The molecule has 0 aromatic rings. The number of aliphatic hydroxyl groups excluding tert-OH is 1. The molecule has 1 rings (SSSR count). The highest BCUT2D eigenvalue weighted by Crippen LogP contribution is 2.44. The van der Waals surface area contributed by atoms with E-state index in [0.717, 1.165) is 19.3 Å². The van der Waals surface area contributed by atoms with Crippen LogP contribution in [0.25, 0.3) is 0 Å². The van der Waals surface area contributed by atoms with Gasteiger partial charge in [0.15, 0.2) is 0 Å². The third-order valence-corrected chi connectivity index (χ3v) is 3.93. The van der Waals surface area contributed by atoms with Crippen LogP contribution in [0, 0.1) is 5.41 Å². The van der Waals surface area contributed by atoms with Crippen LogP contribution in [-0.2, 0) is 0 Å². The van der Waals surface area contributed by atoms with Gasteiger partial charge >= 0.3 is 0 Å². The quantitative estimate of drug-likeness (QED) is 0.650. The number of rotatable bonds is 2. The maximum absolute atomic E-state index is 9.81. The first-order valence-electron chi connectivity index (χ1n) is 5.35. The molecule has 1 heteroatoms. The second kappa shape index (κ2) is 3.83. The van der Waals surface area contributed by atoms with Gasteiger partial charge in [0, 0.05) is 0 Å². The van der Waals surface area contributed by atoms with E-state index < -0.39 is 0 Å². The highest BCUT2D eigenvalue weighted by Gasteiger charge is 2.35. The average Bonchev–Trinajstić information content (AvgIpc) is 2.09. The van der Waals surface area contributed by atoms with Crippen molar-refractivity contribution in [2.75, 3.05) is 0 Å². The van der Waals surface area contributed by atoms with Gasteiger partial charge in [-0.05, 0) is 51.9 Å². The summed E-state index contributed by atoms with van der Waals surface area (Å²) >= 11 is 0. The molecule has 1 N–H and O–H groups in total. The van der Waals surface area contributed by atoms with Crippen molar-refractivity contribution in [3.63, 3.8) is 0 Å². The smallest absolute Gasteiger partial charge is 0.0571 e. The predicted molar refractivity (Wildman–Crippen MR) is 56.6 cm³/mol. The van der Waals surface area contributed by atoms with Gasteiger partial charge in [-0.25, -0.2) is 0 Å². The molecule has 1 unspecified atom stereocenters. The Hall–Kier alpha value is -0.300. The summed E-state index contributed by atoms with van der Waals surface area (Å²) in [7, 11) is 0. The summed E-state index contributed by atoms with van der Waals surface area (Å²) in [6, 6.07) is 0. The number of aliphatic hydroxyl groups is 1. The van der Waals surface area contributed by atoms with Crippen molar-refractivity contribution in [2.24, 2.45) is 5.41 Å². The molecule has 0 radical (unpaired) electrons. The Kier molecular flexibility index (Phi) is 3.18. The Morgan fingerprint density at radius 3 is 2.38 bits per heavy atom. The predicted octanol–water partition coefficient (Wildman–Crippen LogP) is 3.28. The number of hydrogen-bond donors (Lipinski definition) is 1. The molecule has 0 heterocycles. The molecule has 0 aromatic heterocycles. The van der Waals surface area contributed by atoms with Gasteiger partial charge in [-0.2, -0.15) is 0 Å². The molecule has 13 heavy (non-hydrogen) atoms. The van der Waals surface area contributed by atoms with Crippen molar-refractivity contribution in [1.82, 2.24) is 0 Å². The second-order valence-corrected chi connectivity index (χ2v) is 4.63. The third-order valence-electron chi connectivity index (χ3n) is 3.93. The Labute approximate surface area is 81.9 Å². The van der Waals surface area contributed by atoms with Crippen molar-refractivity contribution >= 4 is 0 Å². The van der Waals surface area contributed by atoms with E-state index in [1.165, 1.54) is 17.6 Å². The summed E-state index contributed by atoms with van der Waals surface area (Å²) in [4.78, 5) is 0. The van der Waals surface area contributed by atoms with Gasteiger partial charge in [0.2, 0.25) is 0 Å². The number of allylic oxidation sites excluding steroid dienone is 2. The summed E-state index contributed by atoms with van der Waals surface area (Å²) in [6.45, 7) is 8.57. The lowest BCUT2D eigenvalue weighted by molar-refractivity contribution is 0.0238. The minimum absolute atomic E-state index is 0.166. The largest absolute Gasteiger partial charge is 0.393 e. The lowest BCUT2D eigenvalue weighted by Crippen LogP contribution is -2.35. The van der Waals surface area contributed by atoms with Crippen LogP contribution < -0.4 is 0 Å². The first-order valence-corrected chi connectivity index (χ1v) is 5.35. The average molecular weight is 182 g/mol. The highest BCUT2D eigenvalue weighted by atomic mass is 16.3. The zero-order valence-electron chi connectivity index (χ0n) is 9.35. The van der Waals surface area contributed by atoms with E-state index in [2.05, 4.69) is 20.8 Å². The fourth-order valence-electron chi connectivity index (χ4n) is 2.37. The van der Waals surface area contributed by atoms with Crippen LogP contribution in [0.2, 0.25) is 0 Å². The first kappa shape index (κ1) is 10.8. The van der Waals surface area contributed by atoms with Gasteiger partial charge in [0.25, 0.3) is 0 Å². The van der Waals surface area contributed by atoms with Gasteiger partial charge in [0.1, 0.15) is 0 Å². The number of hydrogen-bond acceptors (Lipinski definition) is 1. The van der Waals surface area contributed by atoms with Crippen LogP contribution >= 0.6 is 0 Å². The molecule has 0 fully saturated rings. The molecular formula is C12H22O. The van der Waals surface area contributed by atoms with Crippen LogP contribution in [0.15, 0.2) is 11.1 Å². The van der Waals surface area contributed by atoms with Crippen LogP contribution in [0.4, 0.5) is 0 Å². The topological polar surface area (TPSA) is 20.2 Å². The van der Waals surface area contributed by atoms with E-state index in [1.807, 2.05) is 6.92 Å². The summed E-state index contributed by atoms with van der Waals surface area (Å²) in [5.41, 5.74) is 3.20. The van der Waals surface area contributed by atoms with Crippen LogP contribution in [0.1, 0.15) is 53.4 Å². The second-order valence-electron chi connectivity index (χ2n) is 4.63. The SMILES string of the molecule is CC[C@@]1(C(C)O)CCC(C)=C(C)C1. The molecule has 1 aliphatic rings. The fraction of sp³-hybridized carbons (Fsp3) is 0.833. The molecule has 1 nitrogen and oxygen atoms in total. The third kappa shape index (κ3) is 1.96. The minimum atomic E-state index is -0.166. The van der Waals surface area contributed by atoms with Gasteiger partial charge in [0.05, 0.1) is 6.10 Å². The van der Waals surface area contributed by atoms with Gasteiger partial charge < -0.3 is 5.11 Å². The summed E-state index contributed by atoms with van der Waals surface area (Å²) in [6.07, 6.45) is 4.34. The zero-order valence-corrected chi connectivity index (χ0v) is 9.35. The molecule has 0 saturated carbocycles. The molecule has 2 atom stereocenters. The van der Waals surface area contributed by atoms with Crippen molar-refractivity contribution in [1.29, 1.82) is 0 Å². The maximum Gasteiger partial charge on any atom is 0.0571 e. The normalized spacial score (nSPS) is 32.1. The van der Waals surface area contributed by atoms with Crippen LogP contribution in [0.5, 0.6) is 0 Å². The van der Waals surface area contributed by atoms with Gasteiger partial charge in [-0.3, -0.25) is 0 Å². The standard InChI is InChI=1S/C12H22O/c1-5-12(11(4)13)7-6-9(2)10(3)8-12/h11,13H,5-8H2,1-4H3/t11?,12-/m1/s1. The summed E-state index contributed by atoms with van der Waals surface area (Å²) in [5.74, 6) is 0. The van der Waals surface area contributed by atoms with Crippen LogP contribution in [0.3, 0.4) is 0 Å². The lowest BCUT2D eigenvalue weighted by atomic mass is 9.67. The van der Waals surface area contributed by atoms with Crippen molar-refractivity contribution < 1.29 is 5.11 Å². The van der Waals surface area contributed by atoms with Crippen molar-refractivity contribution in [3.8, 4) is 0 Å². The van der Waals surface area contributed by atoms with Crippen molar-refractivity contribution in [2.45, 2.75) is 59.5 Å². The molecule has 0 saturated heterocycles. The Morgan fingerprint density at radius 1 is 1.38 bits per heavy atom. The zero-order chi connectivity index (χ0) is 10.1. The van der Waals surface area contributed by atoms with E-state index in [-0.39, 0.29) is 11.5 Å². The van der Waals surface area contributed by atoms with Gasteiger partial charge in [-0.15, -0.1) is 0 Å². The highest BCUT2D eigenvalue weighted by molar-refractivity contribution is 5.17. The maximum atomic E-state index is 9.81. The Morgan fingerprint density at radius 2 is 2.00 bits per heavy atom. The molecule has 0 aliphatic heterocycles.